The zero-order valence-electron chi connectivity index (χ0n) is 11.5. The molecule has 0 atom stereocenters. The minimum atomic E-state index is -0.117. The molecule has 0 aromatic rings. The fourth-order valence-corrected chi connectivity index (χ4v) is 2.07. The van der Waals surface area contributed by atoms with E-state index < -0.39 is 0 Å². The molecule has 17 heavy (non-hydrogen) atoms. The molecule has 1 heterocycles. The summed E-state index contributed by atoms with van der Waals surface area (Å²) in [6.07, 6.45) is 2.15. The molecule has 4 nitrogen and oxygen atoms in total. The zero-order chi connectivity index (χ0) is 12.6. The Bertz CT molecular complexity index is 187. The van der Waals surface area contributed by atoms with Gasteiger partial charge in [-0.05, 0) is 32.1 Å². The molecular weight excluding hydrogens is 218 g/mol. The van der Waals surface area contributed by atoms with E-state index in [1.54, 1.807) is 0 Å². The topological polar surface area (TPSA) is 39.7 Å². The van der Waals surface area contributed by atoms with Gasteiger partial charge in [0, 0.05) is 39.5 Å². The van der Waals surface area contributed by atoms with Crippen LogP contribution in [0.2, 0.25) is 0 Å². The number of ether oxygens (including phenoxy) is 3. The zero-order valence-corrected chi connectivity index (χ0v) is 11.5. The van der Waals surface area contributed by atoms with Crippen LogP contribution in [0.5, 0.6) is 0 Å². The van der Waals surface area contributed by atoms with Crippen molar-refractivity contribution in [3.05, 3.63) is 0 Å². The lowest BCUT2D eigenvalue weighted by Crippen LogP contribution is -2.40. The molecule has 0 aliphatic carbocycles. The average molecular weight is 245 g/mol. The van der Waals surface area contributed by atoms with Crippen molar-refractivity contribution in [2.75, 3.05) is 39.5 Å². The molecule has 1 saturated heterocycles. The first-order valence-corrected chi connectivity index (χ1v) is 6.72. The van der Waals surface area contributed by atoms with Crippen molar-refractivity contribution >= 4 is 0 Å². The third-order valence-corrected chi connectivity index (χ3v) is 3.27. The van der Waals surface area contributed by atoms with Gasteiger partial charge in [-0.2, -0.15) is 0 Å². The third-order valence-electron chi connectivity index (χ3n) is 3.27. The second-order valence-electron chi connectivity index (χ2n) is 4.89. The van der Waals surface area contributed by atoms with Crippen LogP contribution >= 0.6 is 0 Å². The highest BCUT2D eigenvalue weighted by atomic mass is 16.7. The normalized spacial score (nSPS) is 19.8. The predicted molar refractivity (Wildman–Crippen MR) is 68.1 cm³/mol. The number of rotatable bonds is 8. The first-order chi connectivity index (χ1) is 8.20. The molecule has 4 heteroatoms. The van der Waals surface area contributed by atoms with Gasteiger partial charge in [-0.1, -0.05) is 6.92 Å². The van der Waals surface area contributed by atoms with E-state index in [-0.39, 0.29) is 6.29 Å². The fourth-order valence-electron chi connectivity index (χ4n) is 2.07. The van der Waals surface area contributed by atoms with Gasteiger partial charge in [-0.15, -0.1) is 0 Å². The standard InChI is InChI=1S/C13H27NO3/c1-4-16-12(17-5-2)10-14-11-13(3)6-8-15-9-7-13/h12,14H,4-11H2,1-3H3. The van der Waals surface area contributed by atoms with Gasteiger partial charge in [0.25, 0.3) is 0 Å². The summed E-state index contributed by atoms with van der Waals surface area (Å²) in [5.41, 5.74) is 0.362. The maximum absolute atomic E-state index is 5.50. The third kappa shape index (κ3) is 5.82. The minimum absolute atomic E-state index is 0.117. The van der Waals surface area contributed by atoms with Crippen molar-refractivity contribution in [3.63, 3.8) is 0 Å². The summed E-state index contributed by atoms with van der Waals surface area (Å²) in [5, 5.41) is 3.46. The Morgan fingerprint density at radius 3 is 2.29 bits per heavy atom. The molecule has 1 aliphatic rings. The number of hydrogen-bond acceptors (Lipinski definition) is 4. The van der Waals surface area contributed by atoms with Crippen molar-refractivity contribution in [2.24, 2.45) is 5.41 Å². The summed E-state index contributed by atoms with van der Waals surface area (Å²) < 4.78 is 16.4. The second-order valence-corrected chi connectivity index (χ2v) is 4.89. The highest BCUT2D eigenvalue weighted by Crippen LogP contribution is 2.28. The molecule has 0 saturated carbocycles. The van der Waals surface area contributed by atoms with Crippen LogP contribution in [0, 0.1) is 5.41 Å². The van der Waals surface area contributed by atoms with Crippen LogP contribution in [0.1, 0.15) is 33.6 Å². The minimum Gasteiger partial charge on any atom is -0.381 e. The van der Waals surface area contributed by atoms with Crippen molar-refractivity contribution in [1.29, 1.82) is 0 Å². The van der Waals surface area contributed by atoms with Gasteiger partial charge in [0.1, 0.15) is 0 Å². The molecule has 1 N–H and O–H groups in total. The molecule has 0 radical (unpaired) electrons. The van der Waals surface area contributed by atoms with E-state index in [1.807, 2.05) is 13.8 Å². The summed E-state index contributed by atoms with van der Waals surface area (Å²) in [4.78, 5) is 0. The van der Waals surface area contributed by atoms with E-state index in [9.17, 15) is 0 Å². The summed E-state index contributed by atoms with van der Waals surface area (Å²) in [7, 11) is 0. The van der Waals surface area contributed by atoms with E-state index in [0.717, 1.165) is 39.1 Å². The first kappa shape index (κ1) is 14.9. The van der Waals surface area contributed by atoms with Gasteiger partial charge >= 0.3 is 0 Å². The summed E-state index contributed by atoms with van der Waals surface area (Å²) in [5.74, 6) is 0. The maximum Gasteiger partial charge on any atom is 0.169 e. The molecule has 1 aliphatic heterocycles. The Balaban J connectivity index is 2.19. The molecule has 0 unspecified atom stereocenters. The molecule has 0 amide bonds. The molecule has 0 aromatic heterocycles. The first-order valence-electron chi connectivity index (χ1n) is 6.72. The van der Waals surface area contributed by atoms with Crippen molar-refractivity contribution < 1.29 is 14.2 Å². The van der Waals surface area contributed by atoms with Crippen LogP contribution in [-0.4, -0.2) is 45.8 Å². The van der Waals surface area contributed by atoms with Crippen LogP contribution in [0.4, 0.5) is 0 Å². The molecule has 0 aromatic carbocycles. The predicted octanol–water partition coefficient (Wildman–Crippen LogP) is 1.79. The van der Waals surface area contributed by atoms with Crippen molar-refractivity contribution in [2.45, 2.75) is 39.9 Å². The maximum atomic E-state index is 5.50. The second kappa shape index (κ2) is 8.03. The lowest BCUT2D eigenvalue weighted by Gasteiger charge is -2.34. The quantitative estimate of drug-likeness (QED) is 0.662. The molecule has 102 valence electrons. The van der Waals surface area contributed by atoms with Crippen LogP contribution in [0.15, 0.2) is 0 Å². The Morgan fingerprint density at radius 1 is 1.18 bits per heavy atom. The van der Waals surface area contributed by atoms with Gasteiger partial charge in [-0.3, -0.25) is 0 Å². The number of nitrogens with one attached hydrogen (secondary N) is 1. The van der Waals surface area contributed by atoms with Gasteiger partial charge in [0.15, 0.2) is 6.29 Å². The smallest absolute Gasteiger partial charge is 0.169 e. The van der Waals surface area contributed by atoms with E-state index in [0.29, 0.717) is 18.6 Å². The van der Waals surface area contributed by atoms with Gasteiger partial charge in [0.2, 0.25) is 0 Å². The number of hydrogen-bond donors (Lipinski definition) is 1. The largest absolute Gasteiger partial charge is 0.381 e. The van der Waals surface area contributed by atoms with Crippen molar-refractivity contribution in [1.82, 2.24) is 5.32 Å². The summed E-state index contributed by atoms with van der Waals surface area (Å²) in [6.45, 7) is 11.2. The molecule has 1 rings (SSSR count). The molecule has 0 bridgehead atoms. The van der Waals surface area contributed by atoms with Crippen LogP contribution in [-0.2, 0) is 14.2 Å². The Labute approximate surface area is 105 Å². The Morgan fingerprint density at radius 2 is 1.76 bits per heavy atom. The molecule has 1 fully saturated rings. The Hall–Kier alpha value is -0.160. The van der Waals surface area contributed by atoms with E-state index in [2.05, 4.69) is 12.2 Å². The fraction of sp³-hybridized carbons (Fsp3) is 1.00. The van der Waals surface area contributed by atoms with Gasteiger partial charge < -0.3 is 19.5 Å². The van der Waals surface area contributed by atoms with E-state index >= 15 is 0 Å². The monoisotopic (exact) mass is 245 g/mol. The SMILES string of the molecule is CCOC(CNCC1(C)CCOCC1)OCC. The molecule has 0 spiro atoms. The van der Waals surface area contributed by atoms with Crippen LogP contribution in [0.25, 0.3) is 0 Å². The summed E-state index contributed by atoms with van der Waals surface area (Å²) >= 11 is 0. The highest BCUT2D eigenvalue weighted by Gasteiger charge is 2.27. The van der Waals surface area contributed by atoms with E-state index in [4.69, 9.17) is 14.2 Å². The highest BCUT2D eigenvalue weighted by molar-refractivity contribution is 4.79. The van der Waals surface area contributed by atoms with E-state index in [1.165, 1.54) is 0 Å². The van der Waals surface area contributed by atoms with Gasteiger partial charge in [0.05, 0.1) is 0 Å². The molecular formula is C13H27NO3. The average Bonchev–Trinajstić information content (AvgIpc) is 2.30. The van der Waals surface area contributed by atoms with Crippen LogP contribution < -0.4 is 5.32 Å². The lowest BCUT2D eigenvalue weighted by atomic mass is 9.82. The lowest BCUT2D eigenvalue weighted by molar-refractivity contribution is -0.133. The summed E-state index contributed by atoms with van der Waals surface area (Å²) in [6, 6.07) is 0. The van der Waals surface area contributed by atoms with Crippen molar-refractivity contribution in [3.8, 4) is 0 Å². The van der Waals surface area contributed by atoms with Gasteiger partial charge in [-0.25, -0.2) is 0 Å². The Kier molecular flexibility index (Phi) is 7.04. The van der Waals surface area contributed by atoms with Crippen LogP contribution in [0.3, 0.4) is 0 Å².